The molecule has 1 aromatic heterocycles. The van der Waals surface area contributed by atoms with E-state index in [1.54, 1.807) is 0 Å². The van der Waals surface area contributed by atoms with Crippen LogP contribution in [-0.2, 0) is 6.42 Å². The van der Waals surface area contributed by atoms with Crippen molar-refractivity contribution in [1.82, 2.24) is 4.68 Å². The number of hydrogen-bond acceptors (Lipinski definition) is 1. The van der Waals surface area contributed by atoms with Gasteiger partial charge in [0.1, 0.15) is 0 Å². The molecule has 2 aromatic rings. The van der Waals surface area contributed by atoms with Crippen molar-refractivity contribution in [3.8, 4) is 0 Å². The third-order valence-electron chi connectivity index (χ3n) is 3.03. The van der Waals surface area contributed by atoms with Crippen molar-refractivity contribution >= 4 is 0 Å². The molecule has 0 bridgehead atoms. The summed E-state index contributed by atoms with van der Waals surface area (Å²) >= 11 is 0. The van der Waals surface area contributed by atoms with Gasteiger partial charge in [0, 0.05) is 17.9 Å². The standard InChI is InChI=1S/C15H20N2/c1-13-10-11-14(2)17(13)16-12-6-9-15-7-4-3-5-8-15/h3-5,7-8,10-11,16H,6,9,12H2,1-2H3. The summed E-state index contributed by atoms with van der Waals surface area (Å²) in [6, 6.07) is 14.9. The molecule has 0 aliphatic rings. The Bertz CT molecular complexity index is 438. The second-order valence-electron chi connectivity index (χ2n) is 4.45. The molecule has 0 amide bonds. The molecule has 1 N–H and O–H groups in total. The highest BCUT2D eigenvalue weighted by molar-refractivity contribution is 5.16. The number of aryl methyl sites for hydroxylation is 3. The van der Waals surface area contributed by atoms with Gasteiger partial charge in [0.25, 0.3) is 0 Å². The SMILES string of the molecule is Cc1ccc(C)n1NCCCc1ccccc1. The van der Waals surface area contributed by atoms with E-state index in [0.29, 0.717) is 0 Å². The summed E-state index contributed by atoms with van der Waals surface area (Å²) in [6.45, 7) is 5.25. The molecule has 0 fully saturated rings. The molecule has 2 nitrogen and oxygen atoms in total. The lowest BCUT2D eigenvalue weighted by molar-refractivity contribution is 0.741. The molecule has 0 unspecified atom stereocenters. The van der Waals surface area contributed by atoms with Crippen LogP contribution in [0, 0.1) is 13.8 Å². The first-order valence-electron chi connectivity index (χ1n) is 6.20. The Labute approximate surface area is 103 Å². The Morgan fingerprint density at radius 1 is 0.941 bits per heavy atom. The summed E-state index contributed by atoms with van der Waals surface area (Å²) in [6.07, 6.45) is 2.29. The van der Waals surface area contributed by atoms with Crippen LogP contribution in [-0.4, -0.2) is 11.2 Å². The number of rotatable bonds is 5. The van der Waals surface area contributed by atoms with Gasteiger partial charge in [-0.15, -0.1) is 0 Å². The minimum absolute atomic E-state index is 1.01. The Morgan fingerprint density at radius 2 is 1.59 bits per heavy atom. The minimum atomic E-state index is 1.01. The molecule has 0 radical (unpaired) electrons. The highest BCUT2D eigenvalue weighted by atomic mass is 15.4. The van der Waals surface area contributed by atoms with Gasteiger partial charge in [-0.2, -0.15) is 0 Å². The van der Waals surface area contributed by atoms with E-state index in [0.717, 1.165) is 19.4 Å². The maximum absolute atomic E-state index is 3.45. The van der Waals surface area contributed by atoms with Gasteiger partial charge in [-0.25, -0.2) is 0 Å². The van der Waals surface area contributed by atoms with Crippen LogP contribution in [0.25, 0.3) is 0 Å². The van der Waals surface area contributed by atoms with Crippen LogP contribution < -0.4 is 5.43 Å². The molecule has 0 saturated carbocycles. The zero-order chi connectivity index (χ0) is 12.1. The van der Waals surface area contributed by atoms with E-state index in [9.17, 15) is 0 Å². The molecule has 0 aliphatic carbocycles. The monoisotopic (exact) mass is 228 g/mol. The summed E-state index contributed by atoms with van der Waals surface area (Å²) in [7, 11) is 0. The summed E-state index contributed by atoms with van der Waals surface area (Å²) in [4.78, 5) is 0. The predicted octanol–water partition coefficient (Wildman–Crippen LogP) is 3.28. The maximum atomic E-state index is 3.45. The molecule has 2 rings (SSSR count). The van der Waals surface area contributed by atoms with Crippen molar-refractivity contribution in [3.05, 3.63) is 59.4 Å². The first kappa shape index (κ1) is 11.8. The van der Waals surface area contributed by atoms with Crippen LogP contribution >= 0.6 is 0 Å². The van der Waals surface area contributed by atoms with E-state index in [4.69, 9.17) is 0 Å². The van der Waals surface area contributed by atoms with Crippen LogP contribution in [0.2, 0.25) is 0 Å². The fraction of sp³-hybridized carbons (Fsp3) is 0.333. The molecule has 0 aliphatic heterocycles. The molecular weight excluding hydrogens is 208 g/mol. The molecule has 2 heteroatoms. The zero-order valence-corrected chi connectivity index (χ0v) is 10.6. The molecule has 1 heterocycles. The van der Waals surface area contributed by atoms with E-state index in [2.05, 4.69) is 66.4 Å². The molecule has 90 valence electrons. The van der Waals surface area contributed by atoms with Crippen molar-refractivity contribution in [2.24, 2.45) is 0 Å². The average Bonchev–Trinajstić information content (AvgIpc) is 2.67. The highest BCUT2D eigenvalue weighted by Crippen LogP contribution is 2.05. The number of benzene rings is 1. The molecule has 0 saturated heterocycles. The van der Waals surface area contributed by atoms with Crippen molar-refractivity contribution in [2.75, 3.05) is 12.0 Å². The Hall–Kier alpha value is -1.70. The summed E-state index contributed by atoms with van der Waals surface area (Å²) < 4.78 is 2.16. The van der Waals surface area contributed by atoms with Gasteiger partial charge in [-0.1, -0.05) is 30.3 Å². The van der Waals surface area contributed by atoms with Gasteiger partial charge >= 0.3 is 0 Å². The maximum Gasteiger partial charge on any atom is 0.0366 e. The van der Waals surface area contributed by atoms with Gasteiger partial charge in [0.15, 0.2) is 0 Å². The predicted molar refractivity (Wildman–Crippen MR) is 72.9 cm³/mol. The van der Waals surface area contributed by atoms with Crippen LogP contribution in [0.5, 0.6) is 0 Å². The summed E-state index contributed by atoms with van der Waals surface area (Å²) in [5, 5.41) is 0. The van der Waals surface area contributed by atoms with Crippen LogP contribution in [0.15, 0.2) is 42.5 Å². The third kappa shape index (κ3) is 3.13. The number of hydrogen-bond donors (Lipinski definition) is 1. The van der Waals surface area contributed by atoms with Gasteiger partial charge in [-0.05, 0) is 44.4 Å². The number of nitrogens with one attached hydrogen (secondary N) is 1. The third-order valence-corrected chi connectivity index (χ3v) is 3.03. The fourth-order valence-electron chi connectivity index (χ4n) is 2.05. The summed E-state index contributed by atoms with van der Waals surface area (Å²) in [5.41, 5.74) is 7.39. The lowest BCUT2D eigenvalue weighted by Gasteiger charge is -2.12. The highest BCUT2D eigenvalue weighted by Gasteiger charge is 1.99. The zero-order valence-electron chi connectivity index (χ0n) is 10.6. The second kappa shape index (κ2) is 5.58. The first-order valence-corrected chi connectivity index (χ1v) is 6.20. The fourth-order valence-corrected chi connectivity index (χ4v) is 2.05. The topological polar surface area (TPSA) is 17.0 Å². The van der Waals surface area contributed by atoms with Crippen molar-refractivity contribution in [1.29, 1.82) is 0 Å². The summed E-state index contributed by atoms with van der Waals surface area (Å²) in [5.74, 6) is 0. The Morgan fingerprint density at radius 3 is 2.24 bits per heavy atom. The van der Waals surface area contributed by atoms with Crippen molar-refractivity contribution in [3.63, 3.8) is 0 Å². The molecular formula is C15H20N2. The van der Waals surface area contributed by atoms with Crippen molar-refractivity contribution < 1.29 is 0 Å². The van der Waals surface area contributed by atoms with Crippen LogP contribution in [0.1, 0.15) is 23.4 Å². The molecule has 0 spiro atoms. The molecule has 17 heavy (non-hydrogen) atoms. The normalized spacial score (nSPS) is 10.5. The minimum Gasteiger partial charge on any atom is -0.326 e. The Balaban J connectivity index is 1.77. The molecule has 1 aromatic carbocycles. The van der Waals surface area contributed by atoms with E-state index >= 15 is 0 Å². The van der Waals surface area contributed by atoms with Gasteiger partial charge in [0.05, 0.1) is 0 Å². The quantitative estimate of drug-likeness (QED) is 0.777. The van der Waals surface area contributed by atoms with E-state index in [-0.39, 0.29) is 0 Å². The average molecular weight is 228 g/mol. The second-order valence-corrected chi connectivity index (χ2v) is 4.45. The van der Waals surface area contributed by atoms with Crippen molar-refractivity contribution in [2.45, 2.75) is 26.7 Å². The van der Waals surface area contributed by atoms with Crippen LogP contribution in [0.3, 0.4) is 0 Å². The molecule has 0 atom stereocenters. The smallest absolute Gasteiger partial charge is 0.0366 e. The van der Waals surface area contributed by atoms with Gasteiger partial charge in [0.2, 0.25) is 0 Å². The number of nitrogens with zero attached hydrogens (tertiary/aromatic N) is 1. The van der Waals surface area contributed by atoms with Gasteiger partial charge < -0.3 is 5.43 Å². The Kier molecular flexibility index (Phi) is 3.86. The lowest BCUT2D eigenvalue weighted by atomic mass is 10.1. The lowest BCUT2D eigenvalue weighted by Crippen LogP contribution is -2.18. The van der Waals surface area contributed by atoms with E-state index < -0.39 is 0 Å². The van der Waals surface area contributed by atoms with Crippen LogP contribution in [0.4, 0.5) is 0 Å². The first-order chi connectivity index (χ1) is 8.27. The van der Waals surface area contributed by atoms with Gasteiger partial charge in [-0.3, -0.25) is 4.68 Å². The largest absolute Gasteiger partial charge is 0.326 e. The number of aromatic nitrogens is 1. The van der Waals surface area contributed by atoms with E-state index in [1.807, 2.05) is 0 Å². The van der Waals surface area contributed by atoms with E-state index in [1.165, 1.54) is 17.0 Å².